The molecule has 2 N–H and O–H groups in total. The molecule has 28 heavy (non-hydrogen) atoms. The number of allylic oxidation sites excluding steroid dienone is 1. The molecular weight excluding hydrogens is 372 g/mol. The zero-order chi connectivity index (χ0) is 20.3. The third kappa shape index (κ3) is 3.92. The Hall–Kier alpha value is -3.12. The monoisotopic (exact) mass is 394 g/mol. The maximum absolute atomic E-state index is 12.8. The Kier molecular flexibility index (Phi) is 5.51. The Bertz CT molecular complexity index is 1170. The Morgan fingerprint density at radius 2 is 1.61 bits per heavy atom. The molecule has 0 saturated heterocycles. The summed E-state index contributed by atoms with van der Waals surface area (Å²) in [6.45, 7) is 7.41. The molecule has 1 amide bonds. The lowest BCUT2D eigenvalue weighted by atomic mass is 10.1. The van der Waals surface area contributed by atoms with E-state index in [1.165, 1.54) is 6.07 Å². The Labute approximate surface area is 165 Å². The van der Waals surface area contributed by atoms with Crippen LogP contribution in [0.4, 0.5) is 5.69 Å². The van der Waals surface area contributed by atoms with Gasteiger partial charge in [-0.15, -0.1) is 0 Å². The van der Waals surface area contributed by atoms with Crippen LogP contribution >= 0.6 is 0 Å². The second-order valence-corrected chi connectivity index (χ2v) is 8.14. The molecule has 0 radical (unpaired) electrons. The number of amides is 1. The highest BCUT2D eigenvalue weighted by Gasteiger charge is 2.20. The minimum atomic E-state index is -3.76. The summed E-state index contributed by atoms with van der Waals surface area (Å²) in [5.74, 6) is -0.239. The summed E-state index contributed by atoms with van der Waals surface area (Å²) < 4.78 is 28.0. The molecule has 0 fully saturated rings. The van der Waals surface area contributed by atoms with Crippen LogP contribution in [-0.2, 0) is 10.0 Å². The number of benzene rings is 3. The fraction of sp³-hybridized carbons (Fsp3) is 0.136. The van der Waals surface area contributed by atoms with Crippen molar-refractivity contribution >= 4 is 32.4 Å². The number of hydrogen-bond donors (Lipinski definition) is 2. The minimum Gasteiger partial charge on any atom is -0.321 e. The van der Waals surface area contributed by atoms with Crippen molar-refractivity contribution in [1.29, 1.82) is 0 Å². The van der Waals surface area contributed by atoms with Crippen LogP contribution in [0.25, 0.3) is 10.8 Å². The largest absolute Gasteiger partial charge is 0.321 e. The van der Waals surface area contributed by atoms with Crippen LogP contribution in [0.1, 0.15) is 29.3 Å². The highest BCUT2D eigenvalue weighted by Crippen LogP contribution is 2.30. The third-order valence-corrected chi connectivity index (χ3v) is 6.01. The molecule has 0 unspecified atom stereocenters. The van der Waals surface area contributed by atoms with Crippen molar-refractivity contribution in [2.45, 2.75) is 25.2 Å². The van der Waals surface area contributed by atoms with Gasteiger partial charge < -0.3 is 5.32 Å². The number of fused-ring (bicyclic) bond motifs is 1. The normalized spacial score (nSPS) is 11.2. The third-order valence-electron chi connectivity index (χ3n) is 4.52. The molecule has 0 atom stereocenters. The lowest BCUT2D eigenvalue weighted by Crippen LogP contribution is -2.22. The summed E-state index contributed by atoms with van der Waals surface area (Å²) >= 11 is 0. The van der Waals surface area contributed by atoms with E-state index in [2.05, 4.69) is 16.6 Å². The molecule has 0 aliphatic carbocycles. The first-order valence-electron chi connectivity index (χ1n) is 8.93. The molecule has 3 aromatic rings. The summed E-state index contributed by atoms with van der Waals surface area (Å²) in [5.41, 5.74) is 2.41. The highest BCUT2D eigenvalue weighted by atomic mass is 32.2. The van der Waals surface area contributed by atoms with E-state index in [-0.39, 0.29) is 10.8 Å². The number of carbonyl (C=O) groups is 1. The van der Waals surface area contributed by atoms with E-state index >= 15 is 0 Å². The molecule has 0 spiro atoms. The van der Waals surface area contributed by atoms with Crippen molar-refractivity contribution in [1.82, 2.24) is 4.72 Å². The Morgan fingerprint density at radius 1 is 0.964 bits per heavy atom. The molecule has 0 aliphatic rings. The lowest BCUT2D eigenvalue weighted by Gasteiger charge is -2.15. The van der Waals surface area contributed by atoms with Gasteiger partial charge in [0.25, 0.3) is 15.9 Å². The zero-order valence-electron chi connectivity index (χ0n) is 15.8. The average Bonchev–Trinajstić information content (AvgIpc) is 2.67. The van der Waals surface area contributed by atoms with Crippen LogP contribution in [-0.4, -0.2) is 14.3 Å². The molecule has 3 rings (SSSR count). The topological polar surface area (TPSA) is 75.3 Å². The number of anilines is 1. The predicted octanol–water partition coefficient (Wildman–Crippen LogP) is 4.60. The Balaban J connectivity index is 2.04. The first kappa shape index (κ1) is 19.6. The summed E-state index contributed by atoms with van der Waals surface area (Å²) in [4.78, 5) is 12.8. The molecule has 0 aliphatic heterocycles. The predicted molar refractivity (Wildman–Crippen MR) is 113 cm³/mol. The van der Waals surface area contributed by atoms with Gasteiger partial charge in [0.2, 0.25) is 0 Å². The van der Waals surface area contributed by atoms with E-state index in [4.69, 9.17) is 0 Å². The lowest BCUT2D eigenvalue weighted by molar-refractivity contribution is 0.102. The van der Waals surface area contributed by atoms with Gasteiger partial charge in [0.1, 0.15) is 0 Å². The van der Waals surface area contributed by atoms with Crippen molar-refractivity contribution in [2.75, 3.05) is 5.32 Å². The van der Waals surface area contributed by atoms with Crippen molar-refractivity contribution in [3.05, 3.63) is 84.1 Å². The number of carbonyl (C=O) groups excluding carboxylic acids is 1. The van der Waals surface area contributed by atoms with E-state index in [1.807, 2.05) is 32.0 Å². The van der Waals surface area contributed by atoms with Gasteiger partial charge in [-0.05, 0) is 37.1 Å². The van der Waals surface area contributed by atoms with Crippen LogP contribution in [0.5, 0.6) is 0 Å². The first-order chi connectivity index (χ1) is 13.3. The van der Waals surface area contributed by atoms with Gasteiger partial charge in [-0.1, -0.05) is 56.0 Å². The summed E-state index contributed by atoms with van der Waals surface area (Å²) in [6, 6.07) is 17.5. The van der Waals surface area contributed by atoms with Crippen LogP contribution in [0, 0.1) is 6.92 Å². The van der Waals surface area contributed by atoms with Gasteiger partial charge in [0, 0.05) is 27.7 Å². The molecular formula is C22H22N2O3S. The molecule has 3 aromatic carbocycles. The Morgan fingerprint density at radius 3 is 2.29 bits per heavy atom. The molecule has 0 bridgehead atoms. The maximum atomic E-state index is 12.8. The van der Waals surface area contributed by atoms with Gasteiger partial charge in [-0.2, -0.15) is 0 Å². The quantitative estimate of drug-likeness (QED) is 0.641. The SMILES string of the molecule is C=C(CC)NS(=O)(=O)c1ccc(NC(=O)c2ccccc2C)c2ccccc12. The standard InChI is InChI=1S/C22H22N2O3S/c1-4-16(3)24-28(26,27)21-14-13-20(18-11-7-8-12-19(18)21)23-22(25)17-10-6-5-9-15(17)2/h5-14,24H,3-4H2,1-2H3,(H,23,25). The molecule has 6 heteroatoms. The van der Waals surface area contributed by atoms with E-state index < -0.39 is 10.0 Å². The first-order valence-corrected chi connectivity index (χ1v) is 10.4. The van der Waals surface area contributed by atoms with Gasteiger partial charge in [-0.3, -0.25) is 9.52 Å². The van der Waals surface area contributed by atoms with E-state index in [0.29, 0.717) is 34.1 Å². The minimum absolute atomic E-state index is 0.145. The maximum Gasteiger partial charge on any atom is 0.262 e. The number of nitrogens with one attached hydrogen (secondary N) is 2. The molecule has 0 aromatic heterocycles. The summed E-state index contributed by atoms with van der Waals surface area (Å²) in [6.07, 6.45) is 0.502. The molecule has 144 valence electrons. The zero-order valence-corrected chi connectivity index (χ0v) is 16.6. The van der Waals surface area contributed by atoms with Crippen molar-refractivity contribution in [3.8, 4) is 0 Å². The summed E-state index contributed by atoms with van der Waals surface area (Å²) in [5, 5.41) is 4.08. The molecule has 0 heterocycles. The molecule has 0 saturated carbocycles. The summed E-state index contributed by atoms with van der Waals surface area (Å²) in [7, 11) is -3.76. The fourth-order valence-corrected chi connectivity index (χ4v) is 4.30. The van der Waals surface area contributed by atoms with E-state index in [1.54, 1.807) is 36.4 Å². The van der Waals surface area contributed by atoms with E-state index in [9.17, 15) is 13.2 Å². The van der Waals surface area contributed by atoms with Crippen molar-refractivity contribution in [3.63, 3.8) is 0 Å². The van der Waals surface area contributed by atoms with Gasteiger partial charge in [0.05, 0.1) is 4.90 Å². The smallest absolute Gasteiger partial charge is 0.262 e. The fourth-order valence-electron chi connectivity index (χ4n) is 2.95. The van der Waals surface area contributed by atoms with Crippen molar-refractivity contribution < 1.29 is 13.2 Å². The van der Waals surface area contributed by atoms with Gasteiger partial charge >= 0.3 is 0 Å². The second kappa shape index (κ2) is 7.86. The van der Waals surface area contributed by atoms with Crippen LogP contribution in [0.3, 0.4) is 0 Å². The van der Waals surface area contributed by atoms with Crippen molar-refractivity contribution in [2.24, 2.45) is 0 Å². The van der Waals surface area contributed by atoms with E-state index in [0.717, 1.165) is 5.56 Å². The van der Waals surface area contributed by atoms with Crippen LogP contribution in [0.15, 0.2) is 77.8 Å². The number of rotatable bonds is 6. The van der Waals surface area contributed by atoms with Crippen LogP contribution < -0.4 is 10.0 Å². The number of sulfonamides is 1. The van der Waals surface area contributed by atoms with Crippen LogP contribution in [0.2, 0.25) is 0 Å². The van der Waals surface area contributed by atoms with Gasteiger partial charge in [-0.25, -0.2) is 8.42 Å². The highest BCUT2D eigenvalue weighted by molar-refractivity contribution is 7.89. The average molecular weight is 394 g/mol. The number of hydrogen-bond acceptors (Lipinski definition) is 3. The van der Waals surface area contributed by atoms with Gasteiger partial charge in [0.15, 0.2) is 0 Å². The number of aryl methyl sites for hydroxylation is 1. The molecule has 5 nitrogen and oxygen atoms in total. The second-order valence-electron chi connectivity index (χ2n) is 6.49.